The molecule has 118 valence electrons. The smallest absolute Gasteiger partial charge is 0.274 e. The van der Waals surface area contributed by atoms with E-state index >= 15 is 0 Å². The minimum Gasteiger partial charge on any atom is -0.394 e. The first-order valence-electron chi connectivity index (χ1n) is 7.67. The van der Waals surface area contributed by atoms with Crippen molar-refractivity contribution in [1.29, 1.82) is 0 Å². The first-order valence-corrected chi connectivity index (χ1v) is 7.67. The number of rotatable bonds is 5. The Morgan fingerprint density at radius 1 is 1.48 bits per heavy atom. The Bertz CT molecular complexity index is 496. The van der Waals surface area contributed by atoms with E-state index in [1.165, 1.54) is 4.90 Å². The van der Waals surface area contributed by atoms with Crippen LogP contribution in [-0.2, 0) is 0 Å². The monoisotopic (exact) mass is 295 g/mol. The third-order valence-electron chi connectivity index (χ3n) is 4.29. The molecule has 2 atom stereocenters. The van der Waals surface area contributed by atoms with Crippen molar-refractivity contribution in [2.24, 2.45) is 0 Å². The van der Waals surface area contributed by atoms with Gasteiger partial charge in [0.2, 0.25) is 0 Å². The van der Waals surface area contributed by atoms with E-state index in [1.54, 1.807) is 6.07 Å². The van der Waals surface area contributed by atoms with Crippen molar-refractivity contribution >= 4 is 5.91 Å². The standard InChI is InChI=1S/C15H25N3O3/c1-4-11(5-2)18-10(3)6-14(16-18)15(21)17-8-13(20)7-12(17)9-19/h6,11-13,19-20H,4-5,7-9H2,1-3H3/t12-,13+/m0/s1. The molecule has 1 amide bonds. The number of hydrogen-bond donors (Lipinski definition) is 2. The van der Waals surface area contributed by atoms with Gasteiger partial charge in [-0.25, -0.2) is 0 Å². The van der Waals surface area contributed by atoms with E-state index in [1.807, 2.05) is 11.6 Å². The van der Waals surface area contributed by atoms with Gasteiger partial charge in [0.25, 0.3) is 5.91 Å². The molecule has 0 unspecified atom stereocenters. The third kappa shape index (κ3) is 3.11. The van der Waals surface area contributed by atoms with Gasteiger partial charge < -0.3 is 15.1 Å². The summed E-state index contributed by atoms with van der Waals surface area (Å²) in [5.74, 6) is -0.210. The fourth-order valence-electron chi connectivity index (χ4n) is 3.06. The Morgan fingerprint density at radius 2 is 2.14 bits per heavy atom. The summed E-state index contributed by atoms with van der Waals surface area (Å²) < 4.78 is 1.91. The largest absolute Gasteiger partial charge is 0.394 e. The normalized spacial score (nSPS) is 22.3. The quantitative estimate of drug-likeness (QED) is 0.853. The fraction of sp³-hybridized carbons (Fsp3) is 0.733. The number of aliphatic hydroxyl groups excluding tert-OH is 2. The van der Waals surface area contributed by atoms with E-state index in [0.29, 0.717) is 18.2 Å². The number of likely N-dealkylation sites (tertiary alicyclic amines) is 1. The lowest BCUT2D eigenvalue weighted by Gasteiger charge is -2.21. The zero-order valence-corrected chi connectivity index (χ0v) is 13.0. The molecule has 0 radical (unpaired) electrons. The average Bonchev–Trinajstić information content (AvgIpc) is 3.03. The first kappa shape index (κ1) is 16.0. The van der Waals surface area contributed by atoms with Crippen LogP contribution in [0.15, 0.2) is 6.07 Å². The molecule has 6 heteroatoms. The Balaban J connectivity index is 2.22. The van der Waals surface area contributed by atoms with E-state index < -0.39 is 6.10 Å². The van der Waals surface area contributed by atoms with Crippen LogP contribution in [0, 0.1) is 6.92 Å². The van der Waals surface area contributed by atoms with Gasteiger partial charge in [-0.3, -0.25) is 9.48 Å². The van der Waals surface area contributed by atoms with Gasteiger partial charge in [-0.2, -0.15) is 5.10 Å². The minimum atomic E-state index is -0.562. The van der Waals surface area contributed by atoms with Gasteiger partial charge in [-0.15, -0.1) is 0 Å². The topological polar surface area (TPSA) is 78.6 Å². The van der Waals surface area contributed by atoms with Crippen LogP contribution in [0.2, 0.25) is 0 Å². The van der Waals surface area contributed by atoms with Crippen LogP contribution in [0.1, 0.15) is 55.3 Å². The van der Waals surface area contributed by atoms with Crippen molar-refractivity contribution in [1.82, 2.24) is 14.7 Å². The molecule has 0 saturated carbocycles. The SMILES string of the molecule is CCC(CC)n1nc(C(=O)N2C[C@H](O)C[C@H]2CO)cc1C. The second-order valence-corrected chi connectivity index (χ2v) is 5.77. The maximum Gasteiger partial charge on any atom is 0.274 e. The summed E-state index contributed by atoms with van der Waals surface area (Å²) in [5.41, 5.74) is 1.36. The first-order chi connectivity index (χ1) is 10.0. The average molecular weight is 295 g/mol. The number of carbonyl (C=O) groups is 1. The molecule has 2 N–H and O–H groups in total. The van der Waals surface area contributed by atoms with Gasteiger partial charge in [0.1, 0.15) is 0 Å². The second kappa shape index (κ2) is 6.58. The van der Waals surface area contributed by atoms with E-state index in [9.17, 15) is 15.0 Å². The van der Waals surface area contributed by atoms with Crippen LogP contribution in [0.3, 0.4) is 0 Å². The van der Waals surface area contributed by atoms with E-state index in [2.05, 4.69) is 18.9 Å². The summed E-state index contributed by atoms with van der Waals surface area (Å²) in [6.45, 7) is 6.30. The zero-order chi connectivity index (χ0) is 15.6. The van der Waals surface area contributed by atoms with E-state index in [-0.39, 0.29) is 25.1 Å². The number of nitrogens with zero attached hydrogens (tertiary/aromatic N) is 3. The van der Waals surface area contributed by atoms with Crippen molar-refractivity contribution in [2.75, 3.05) is 13.2 Å². The van der Waals surface area contributed by atoms with Crippen molar-refractivity contribution in [3.05, 3.63) is 17.5 Å². The maximum absolute atomic E-state index is 12.6. The van der Waals surface area contributed by atoms with Crippen molar-refractivity contribution in [3.8, 4) is 0 Å². The minimum absolute atomic E-state index is 0.130. The van der Waals surface area contributed by atoms with Crippen LogP contribution in [0.25, 0.3) is 0 Å². The predicted molar refractivity (Wildman–Crippen MR) is 79.1 cm³/mol. The highest BCUT2D eigenvalue weighted by Gasteiger charge is 2.35. The Labute approximate surface area is 125 Å². The van der Waals surface area contributed by atoms with Gasteiger partial charge in [0, 0.05) is 12.2 Å². The van der Waals surface area contributed by atoms with Crippen molar-refractivity contribution < 1.29 is 15.0 Å². The van der Waals surface area contributed by atoms with Gasteiger partial charge in [0.05, 0.1) is 24.8 Å². The van der Waals surface area contributed by atoms with Crippen LogP contribution >= 0.6 is 0 Å². The molecule has 0 aliphatic carbocycles. The fourth-order valence-corrected chi connectivity index (χ4v) is 3.06. The number of hydrogen-bond acceptors (Lipinski definition) is 4. The third-order valence-corrected chi connectivity index (χ3v) is 4.29. The molecule has 1 aromatic heterocycles. The zero-order valence-electron chi connectivity index (χ0n) is 13.0. The number of aliphatic hydroxyl groups is 2. The molecule has 2 heterocycles. The number of aryl methyl sites for hydroxylation is 1. The molecule has 0 aromatic carbocycles. The molecular formula is C15H25N3O3. The van der Waals surface area contributed by atoms with Crippen molar-refractivity contribution in [2.45, 2.75) is 58.2 Å². The molecule has 1 aromatic rings. The van der Waals surface area contributed by atoms with Gasteiger partial charge in [-0.1, -0.05) is 13.8 Å². The molecule has 1 aliphatic heterocycles. The van der Waals surface area contributed by atoms with Crippen molar-refractivity contribution in [3.63, 3.8) is 0 Å². The highest BCUT2D eigenvalue weighted by Crippen LogP contribution is 2.22. The Kier molecular flexibility index (Phi) is 5.00. The lowest BCUT2D eigenvalue weighted by atomic mass is 10.2. The summed E-state index contributed by atoms with van der Waals surface area (Å²) >= 11 is 0. The molecule has 1 fully saturated rings. The molecule has 21 heavy (non-hydrogen) atoms. The maximum atomic E-state index is 12.6. The molecule has 6 nitrogen and oxygen atoms in total. The van der Waals surface area contributed by atoms with Crippen LogP contribution < -0.4 is 0 Å². The summed E-state index contributed by atoms with van der Waals surface area (Å²) in [6, 6.07) is 1.77. The number of amides is 1. The van der Waals surface area contributed by atoms with Gasteiger partial charge in [0.15, 0.2) is 5.69 Å². The van der Waals surface area contributed by atoms with E-state index in [0.717, 1.165) is 18.5 Å². The van der Waals surface area contributed by atoms with E-state index in [4.69, 9.17) is 0 Å². The number of β-amino-alcohol motifs (C(OH)–C–C–N with tert-alkyl or cyclic N) is 1. The highest BCUT2D eigenvalue weighted by atomic mass is 16.3. The summed E-state index contributed by atoms with van der Waals surface area (Å²) in [7, 11) is 0. The lowest BCUT2D eigenvalue weighted by molar-refractivity contribution is 0.0657. The molecular weight excluding hydrogens is 270 g/mol. The Hall–Kier alpha value is -1.40. The molecule has 2 rings (SSSR count). The Morgan fingerprint density at radius 3 is 2.71 bits per heavy atom. The predicted octanol–water partition coefficient (Wildman–Crippen LogP) is 1.12. The second-order valence-electron chi connectivity index (χ2n) is 5.77. The lowest BCUT2D eigenvalue weighted by Crippen LogP contribution is -2.38. The number of carbonyl (C=O) groups excluding carboxylic acids is 1. The summed E-state index contributed by atoms with van der Waals surface area (Å²) in [4.78, 5) is 14.1. The van der Waals surface area contributed by atoms with Crippen LogP contribution in [-0.4, -0.2) is 56.1 Å². The van der Waals surface area contributed by atoms with Crippen LogP contribution in [0.4, 0.5) is 0 Å². The highest BCUT2D eigenvalue weighted by molar-refractivity contribution is 5.92. The van der Waals surface area contributed by atoms with Crippen LogP contribution in [0.5, 0.6) is 0 Å². The molecule has 1 aliphatic rings. The molecule has 1 saturated heterocycles. The molecule has 0 bridgehead atoms. The van der Waals surface area contributed by atoms with Gasteiger partial charge >= 0.3 is 0 Å². The van der Waals surface area contributed by atoms with Gasteiger partial charge in [-0.05, 0) is 32.3 Å². The number of aromatic nitrogens is 2. The summed E-state index contributed by atoms with van der Waals surface area (Å²) in [5, 5.41) is 23.5. The molecule has 0 spiro atoms. The summed E-state index contributed by atoms with van der Waals surface area (Å²) in [6.07, 6.45) is 1.80.